The summed E-state index contributed by atoms with van der Waals surface area (Å²) >= 11 is 0. The predicted octanol–water partition coefficient (Wildman–Crippen LogP) is 2.75. The number of ether oxygens (including phenoxy) is 1. The van der Waals surface area contributed by atoms with Crippen LogP contribution in [-0.4, -0.2) is 21.6 Å². The van der Waals surface area contributed by atoms with Crippen LogP contribution >= 0.6 is 0 Å². The Labute approximate surface area is 122 Å². The first-order chi connectivity index (χ1) is 10.2. The van der Waals surface area contributed by atoms with E-state index < -0.39 is 0 Å². The Morgan fingerprint density at radius 1 is 1.38 bits per heavy atom. The zero-order valence-corrected chi connectivity index (χ0v) is 11.9. The van der Waals surface area contributed by atoms with Gasteiger partial charge in [0.1, 0.15) is 11.9 Å². The van der Waals surface area contributed by atoms with Gasteiger partial charge in [-0.1, -0.05) is 0 Å². The normalized spacial score (nSPS) is 10.7. The predicted molar refractivity (Wildman–Crippen MR) is 79.0 cm³/mol. The summed E-state index contributed by atoms with van der Waals surface area (Å²) in [5.41, 5.74) is 4.38. The highest BCUT2D eigenvalue weighted by Gasteiger charge is 2.12. The number of nitrogens with zero attached hydrogens (tertiary/aromatic N) is 4. The number of hydrogen-bond donors (Lipinski definition) is 0. The average Bonchev–Trinajstić information content (AvgIpc) is 2.87. The van der Waals surface area contributed by atoms with Crippen molar-refractivity contribution in [2.24, 2.45) is 0 Å². The second kappa shape index (κ2) is 5.35. The zero-order valence-electron chi connectivity index (χ0n) is 11.9. The number of pyridine rings is 2. The van der Waals surface area contributed by atoms with Gasteiger partial charge >= 0.3 is 0 Å². The summed E-state index contributed by atoms with van der Waals surface area (Å²) in [6, 6.07) is 7.93. The number of aryl methyl sites for hydroxylation is 1. The summed E-state index contributed by atoms with van der Waals surface area (Å²) in [6.45, 7) is 2.40. The van der Waals surface area contributed by atoms with E-state index in [4.69, 9.17) is 10.00 Å². The van der Waals surface area contributed by atoms with Crippen molar-refractivity contribution in [3.8, 4) is 11.9 Å². The Morgan fingerprint density at radius 2 is 2.24 bits per heavy atom. The van der Waals surface area contributed by atoms with Gasteiger partial charge in [0.2, 0.25) is 0 Å². The standard InChI is InChI=1S/C16H14N4O/c1-11-6-15(19-8-12(11)7-17)20-9-13(10-21-2)16-14(20)4-3-5-18-16/h3-6,8-9H,10H2,1-2H3. The first kappa shape index (κ1) is 13.3. The van der Waals surface area contributed by atoms with E-state index >= 15 is 0 Å². The summed E-state index contributed by atoms with van der Waals surface area (Å²) in [7, 11) is 1.66. The molecule has 0 fully saturated rings. The van der Waals surface area contributed by atoms with E-state index in [1.54, 1.807) is 19.5 Å². The van der Waals surface area contributed by atoms with Gasteiger partial charge < -0.3 is 4.74 Å². The molecule has 3 heterocycles. The monoisotopic (exact) mass is 278 g/mol. The molecular weight excluding hydrogens is 264 g/mol. The van der Waals surface area contributed by atoms with E-state index in [2.05, 4.69) is 16.0 Å². The molecule has 3 rings (SSSR count). The molecule has 104 valence electrons. The molecular formula is C16H14N4O. The molecule has 0 aliphatic heterocycles. The molecule has 0 unspecified atom stereocenters. The van der Waals surface area contributed by atoms with E-state index in [1.807, 2.05) is 35.9 Å². The first-order valence-corrected chi connectivity index (χ1v) is 6.55. The van der Waals surface area contributed by atoms with Crippen molar-refractivity contribution in [2.75, 3.05) is 7.11 Å². The molecule has 0 atom stereocenters. The van der Waals surface area contributed by atoms with E-state index in [9.17, 15) is 0 Å². The van der Waals surface area contributed by atoms with Crippen molar-refractivity contribution in [2.45, 2.75) is 13.5 Å². The van der Waals surface area contributed by atoms with Gasteiger partial charge in [-0.15, -0.1) is 0 Å². The van der Waals surface area contributed by atoms with Crippen LogP contribution in [0.2, 0.25) is 0 Å². The molecule has 0 aromatic carbocycles. The lowest BCUT2D eigenvalue weighted by molar-refractivity contribution is 0.186. The molecule has 0 aliphatic rings. The van der Waals surface area contributed by atoms with Crippen LogP contribution in [-0.2, 0) is 11.3 Å². The molecule has 5 nitrogen and oxygen atoms in total. The summed E-state index contributed by atoms with van der Waals surface area (Å²) in [5, 5.41) is 9.00. The van der Waals surface area contributed by atoms with Gasteiger partial charge in [-0.2, -0.15) is 5.26 Å². The largest absolute Gasteiger partial charge is 0.380 e. The second-order valence-electron chi connectivity index (χ2n) is 4.80. The third kappa shape index (κ3) is 2.26. The molecule has 3 aromatic heterocycles. The minimum atomic E-state index is 0.496. The Balaban J connectivity index is 2.21. The SMILES string of the molecule is COCc1cn(-c2cc(C)c(C#N)cn2)c2cccnc12. The van der Waals surface area contributed by atoms with Crippen LogP contribution in [0.1, 0.15) is 16.7 Å². The molecule has 0 aliphatic carbocycles. The molecule has 0 N–H and O–H groups in total. The topological polar surface area (TPSA) is 63.7 Å². The second-order valence-corrected chi connectivity index (χ2v) is 4.80. The van der Waals surface area contributed by atoms with Crippen LogP contribution in [0.5, 0.6) is 0 Å². The fourth-order valence-electron chi connectivity index (χ4n) is 2.37. The van der Waals surface area contributed by atoms with Gasteiger partial charge in [0.15, 0.2) is 0 Å². The van der Waals surface area contributed by atoms with Crippen LogP contribution in [0.25, 0.3) is 16.9 Å². The number of methoxy groups -OCH3 is 1. The third-order valence-corrected chi connectivity index (χ3v) is 3.40. The third-order valence-electron chi connectivity index (χ3n) is 3.40. The lowest BCUT2D eigenvalue weighted by Gasteiger charge is -2.05. The Morgan fingerprint density at radius 3 is 2.95 bits per heavy atom. The van der Waals surface area contributed by atoms with Gasteiger partial charge in [0.25, 0.3) is 0 Å². The highest BCUT2D eigenvalue weighted by Crippen LogP contribution is 2.23. The number of hydrogen-bond acceptors (Lipinski definition) is 4. The van der Waals surface area contributed by atoms with E-state index in [0.717, 1.165) is 28.0 Å². The van der Waals surface area contributed by atoms with Crippen LogP contribution in [0.3, 0.4) is 0 Å². The van der Waals surface area contributed by atoms with Crippen molar-refractivity contribution in [1.29, 1.82) is 5.26 Å². The van der Waals surface area contributed by atoms with Crippen molar-refractivity contribution in [3.63, 3.8) is 0 Å². The van der Waals surface area contributed by atoms with Gasteiger partial charge in [-0.25, -0.2) is 4.98 Å². The molecule has 21 heavy (non-hydrogen) atoms. The number of rotatable bonds is 3. The fraction of sp³-hybridized carbons (Fsp3) is 0.188. The summed E-state index contributed by atoms with van der Waals surface area (Å²) in [6.07, 6.45) is 5.35. The van der Waals surface area contributed by atoms with E-state index in [1.165, 1.54) is 0 Å². The molecule has 0 spiro atoms. The highest BCUT2D eigenvalue weighted by atomic mass is 16.5. The van der Waals surface area contributed by atoms with Crippen LogP contribution < -0.4 is 0 Å². The maximum absolute atomic E-state index is 9.00. The van der Waals surface area contributed by atoms with Crippen LogP contribution in [0.4, 0.5) is 0 Å². The quantitative estimate of drug-likeness (QED) is 0.739. The maximum Gasteiger partial charge on any atom is 0.137 e. The van der Waals surface area contributed by atoms with Crippen LogP contribution in [0.15, 0.2) is 36.8 Å². The summed E-state index contributed by atoms with van der Waals surface area (Å²) in [4.78, 5) is 8.80. The van der Waals surface area contributed by atoms with Gasteiger partial charge in [0, 0.05) is 31.3 Å². The van der Waals surface area contributed by atoms with Gasteiger partial charge in [-0.3, -0.25) is 9.55 Å². The van der Waals surface area contributed by atoms with Crippen molar-refractivity contribution in [1.82, 2.24) is 14.5 Å². The molecule has 0 amide bonds. The number of aromatic nitrogens is 3. The molecule has 0 bridgehead atoms. The zero-order chi connectivity index (χ0) is 14.8. The summed E-state index contributed by atoms with van der Waals surface area (Å²) in [5.74, 6) is 0.770. The molecule has 0 saturated heterocycles. The Kier molecular flexibility index (Phi) is 3.38. The van der Waals surface area contributed by atoms with Crippen molar-refractivity contribution >= 4 is 11.0 Å². The Bertz CT molecular complexity index is 845. The van der Waals surface area contributed by atoms with Crippen molar-refractivity contribution < 1.29 is 4.74 Å². The molecule has 0 saturated carbocycles. The van der Waals surface area contributed by atoms with Gasteiger partial charge in [-0.05, 0) is 30.7 Å². The lowest BCUT2D eigenvalue weighted by atomic mass is 10.2. The lowest BCUT2D eigenvalue weighted by Crippen LogP contribution is -1.98. The fourth-order valence-corrected chi connectivity index (χ4v) is 2.37. The molecule has 5 heteroatoms. The molecule has 0 radical (unpaired) electrons. The van der Waals surface area contributed by atoms with E-state index in [-0.39, 0.29) is 0 Å². The average molecular weight is 278 g/mol. The number of nitriles is 1. The maximum atomic E-state index is 9.00. The van der Waals surface area contributed by atoms with Crippen LogP contribution in [0, 0.1) is 18.3 Å². The van der Waals surface area contributed by atoms with Crippen molar-refractivity contribution in [3.05, 3.63) is 53.5 Å². The minimum absolute atomic E-state index is 0.496. The smallest absolute Gasteiger partial charge is 0.137 e. The molecule has 3 aromatic rings. The first-order valence-electron chi connectivity index (χ1n) is 6.55. The summed E-state index contributed by atoms with van der Waals surface area (Å²) < 4.78 is 7.21. The van der Waals surface area contributed by atoms with E-state index in [0.29, 0.717) is 12.2 Å². The number of fused-ring (bicyclic) bond motifs is 1. The van der Waals surface area contributed by atoms with Gasteiger partial charge in [0.05, 0.1) is 23.2 Å². The highest BCUT2D eigenvalue weighted by molar-refractivity contribution is 5.81. The minimum Gasteiger partial charge on any atom is -0.380 e. The Hall–Kier alpha value is -2.71.